The van der Waals surface area contributed by atoms with Gasteiger partial charge in [-0.2, -0.15) is 0 Å². The zero-order chi connectivity index (χ0) is 16.6. The van der Waals surface area contributed by atoms with Crippen LogP contribution < -0.4 is 0 Å². The number of halogens is 1. The molecule has 3 rings (SSSR count). The van der Waals surface area contributed by atoms with E-state index >= 15 is 0 Å². The molecule has 0 bridgehead atoms. The maximum absolute atomic E-state index is 14.0. The summed E-state index contributed by atoms with van der Waals surface area (Å²) in [6, 6.07) is 6.09. The lowest BCUT2D eigenvalue weighted by atomic mass is 9.95. The van der Waals surface area contributed by atoms with E-state index in [0.717, 1.165) is 0 Å². The second-order valence-corrected chi connectivity index (χ2v) is 5.38. The lowest BCUT2D eigenvalue weighted by Gasteiger charge is -2.23. The molecule has 0 radical (unpaired) electrons. The standard InChI is InChI=1S/C16H15FN2O4/c1-23-16(22)9-6-7-19-12(8-9)13(15(20)21)18-14(19)10-4-2-3-5-11(10)17/h2-5,9H,6-8H2,1H3,(H,20,21). The fraction of sp³-hybridized carbons (Fsp3) is 0.312. The highest BCUT2D eigenvalue weighted by Crippen LogP contribution is 2.31. The molecule has 1 atom stereocenters. The number of esters is 1. The minimum atomic E-state index is -1.19. The number of fused-ring (bicyclic) bond motifs is 1. The van der Waals surface area contributed by atoms with Gasteiger partial charge in [0.1, 0.15) is 11.6 Å². The predicted octanol–water partition coefficient (Wildman–Crippen LogP) is 2.12. The molecule has 2 aromatic rings. The van der Waals surface area contributed by atoms with E-state index < -0.39 is 17.7 Å². The van der Waals surface area contributed by atoms with E-state index in [0.29, 0.717) is 18.7 Å². The second-order valence-electron chi connectivity index (χ2n) is 5.38. The third-order valence-corrected chi connectivity index (χ3v) is 4.07. The van der Waals surface area contributed by atoms with Crippen LogP contribution in [0.2, 0.25) is 0 Å². The number of carboxylic acid groups (broad SMARTS) is 1. The fourth-order valence-corrected chi connectivity index (χ4v) is 2.94. The van der Waals surface area contributed by atoms with Gasteiger partial charge in [-0.15, -0.1) is 0 Å². The average molecular weight is 318 g/mol. The van der Waals surface area contributed by atoms with Crippen LogP contribution in [0.3, 0.4) is 0 Å². The molecule has 1 aliphatic rings. The minimum absolute atomic E-state index is 0.142. The molecule has 120 valence electrons. The summed E-state index contributed by atoms with van der Waals surface area (Å²) in [5.74, 6) is -2.16. The molecule has 0 spiro atoms. The summed E-state index contributed by atoms with van der Waals surface area (Å²) in [6.07, 6.45) is 0.715. The van der Waals surface area contributed by atoms with Crippen LogP contribution >= 0.6 is 0 Å². The number of carbonyl (C=O) groups is 2. The summed E-state index contributed by atoms with van der Waals surface area (Å²) < 4.78 is 20.5. The summed E-state index contributed by atoms with van der Waals surface area (Å²) >= 11 is 0. The molecular weight excluding hydrogens is 303 g/mol. The number of ether oxygens (including phenoxy) is 1. The van der Waals surface area contributed by atoms with E-state index in [1.54, 1.807) is 22.8 Å². The van der Waals surface area contributed by atoms with Gasteiger partial charge in [0.2, 0.25) is 0 Å². The zero-order valence-corrected chi connectivity index (χ0v) is 12.5. The first-order chi connectivity index (χ1) is 11.0. The Kier molecular flexibility index (Phi) is 3.85. The maximum atomic E-state index is 14.0. The monoisotopic (exact) mass is 318 g/mol. The van der Waals surface area contributed by atoms with Gasteiger partial charge in [0.25, 0.3) is 0 Å². The normalized spacial score (nSPS) is 16.7. The molecule has 2 heterocycles. The van der Waals surface area contributed by atoms with Crippen molar-refractivity contribution in [2.75, 3.05) is 7.11 Å². The van der Waals surface area contributed by atoms with Gasteiger partial charge in [-0.05, 0) is 18.6 Å². The topological polar surface area (TPSA) is 81.4 Å². The first-order valence-electron chi connectivity index (χ1n) is 7.18. The van der Waals surface area contributed by atoms with Gasteiger partial charge in [-0.3, -0.25) is 4.79 Å². The molecule has 1 unspecified atom stereocenters. The fourth-order valence-electron chi connectivity index (χ4n) is 2.94. The number of rotatable bonds is 3. The Morgan fingerprint density at radius 2 is 2.13 bits per heavy atom. The van der Waals surface area contributed by atoms with Crippen LogP contribution in [-0.4, -0.2) is 33.7 Å². The van der Waals surface area contributed by atoms with Crippen molar-refractivity contribution in [3.05, 3.63) is 41.5 Å². The van der Waals surface area contributed by atoms with Crippen molar-refractivity contribution >= 4 is 11.9 Å². The van der Waals surface area contributed by atoms with Crippen molar-refractivity contribution in [1.29, 1.82) is 0 Å². The molecule has 0 fully saturated rings. The van der Waals surface area contributed by atoms with Gasteiger partial charge in [0.05, 0.1) is 24.3 Å². The largest absolute Gasteiger partial charge is 0.476 e. The Hall–Kier alpha value is -2.70. The smallest absolute Gasteiger partial charge is 0.356 e. The Morgan fingerprint density at radius 1 is 1.39 bits per heavy atom. The number of nitrogens with zero attached hydrogens (tertiary/aromatic N) is 2. The number of carbonyl (C=O) groups excluding carboxylic acids is 1. The predicted molar refractivity (Wildman–Crippen MR) is 78.4 cm³/mol. The molecule has 1 aromatic carbocycles. The molecule has 7 heteroatoms. The van der Waals surface area contributed by atoms with E-state index in [1.807, 2.05) is 0 Å². The van der Waals surface area contributed by atoms with Crippen LogP contribution in [0.25, 0.3) is 11.4 Å². The minimum Gasteiger partial charge on any atom is -0.476 e. The van der Waals surface area contributed by atoms with Crippen molar-refractivity contribution in [3.63, 3.8) is 0 Å². The van der Waals surface area contributed by atoms with Crippen molar-refractivity contribution < 1.29 is 23.8 Å². The summed E-state index contributed by atoms with van der Waals surface area (Å²) in [5, 5.41) is 9.37. The third-order valence-electron chi connectivity index (χ3n) is 4.07. The Morgan fingerprint density at radius 3 is 2.78 bits per heavy atom. The van der Waals surface area contributed by atoms with E-state index in [4.69, 9.17) is 4.74 Å². The number of hydrogen-bond acceptors (Lipinski definition) is 4. The van der Waals surface area contributed by atoms with E-state index in [-0.39, 0.29) is 29.5 Å². The summed E-state index contributed by atoms with van der Waals surface area (Å²) in [7, 11) is 1.30. The first kappa shape index (κ1) is 15.2. The molecule has 0 aliphatic carbocycles. The highest BCUT2D eigenvalue weighted by atomic mass is 19.1. The molecule has 0 saturated carbocycles. The van der Waals surface area contributed by atoms with Crippen LogP contribution in [0.1, 0.15) is 22.6 Å². The van der Waals surface area contributed by atoms with Gasteiger partial charge < -0.3 is 14.4 Å². The van der Waals surface area contributed by atoms with Gasteiger partial charge >= 0.3 is 11.9 Å². The van der Waals surface area contributed by atoms with Crippen LogP contribution in [0.4, 0.5) is 4.39 Å². The average Bonchev–Trinajstić information content (AvgIpc) is 2.93. The number of aromatic carboxylic acids is 1. The van der Waals surface area contributed by atoms with E-state index in [1.165, 1.54) is 13.2 Å². The summed E-state index contributed by atoms with van der Waals surface area (Å²) in [5.41, 5.74) is 0.534. The zero-order valence-electron chi connectivity index (χ0n) is 12.5. The van der Waals surface area contributed by atoms with Crippen LogP contribution in [0, 0.1) is 11.7 Å². The Bertz CT molecular complexity index is 784. The van der Waals surface area contributed by atoms with Crippen molar-refractivity contribution in [3.8, 4) is 11.4 Å². The quantitative estimate of drug-likeness (QED) is 0.877. The van der Waals surface area contributed by atoms with Crippen molar-refractivity contribution in [2.24, 2.45) is 5.92 Å². The molecule has 0 saturated heterocycles. The highest BCUT2D eigenvalue weighted by Gasteiger charge is 2.32. The molecule has 1 aliphatic heterocycles. The molecule has 1 N–H and O–H groups in total. The lowest BCUT2D eigenvalue weighted by molar-refractivity contribution is -0.146. The Labute approximate surface area is 131 Å². The van der Waals surface area contributed by atoms with Gasteiger partial charge in [-0.1, -0.05) is 12.1 Å². The Balaban J connectivity index is 2.11. The highest BCUT2D eigenvalue weighted by molar-refractivity contribution is 5.88. The molecule has 0 amide bonds. The van der Waals surface area contributed by atoms with E-state index in [2.05, 4.69) is 4.98 Å². The van der Waals surface area contributed by atoms with Crippen molar-refractivity contribution in [2.45, 2.75) is 19.4 Å². The maximum Gasteiger partial charge on any atom is 0.356 e. The number of benzene rings is 1. The SMILES string of the molecule is COC(=O)C1CCn2c(-c3ccccc3F)nc(C(=O)O)c2C1. The number of aromatic nitrogens is 2. The van der Waals surface area contributed by atoms with Crippen LogP contribution in [0.15, 0.2) is 24.3 Å². The molecule has 6 nitrogen and oxygen atoms in total. The van der Waals surface area contributed by atoms with E-state index in [9.17, 15) is 19.1 Å². The van der Waals surface area contributed by atoms with Crippen LogP contribution in [0.5, 0.6) is 0 Å². The molecular formula is C16H15FN2O4. The third kappa shape index (κ3) is 2.58. The van der Waals surface area contributed by atoms with Gasteiger partial charge in [0.15, 0.2) is 5.69 Å². The number of methoxy groups -OCH3 is 1. The number of hydrogen-bond donors (Lipinski definition) is 1. The first-order valence-corrected chi connectivity index (χ1v) is 7.18. The molecule has 1 aromatic heterocycles. The van der Waals surface area contributed by atoms with Crippen LogP contribution in [-0.2, 0) is 22.5 Å². The summed E-state index contributed by atoms with van der Waals surface area (Å²) in [4.78, 5) is 27.3. The van der Waals surface area contributed by atoms with Crippen molar-refractivity contribution in [1.82, 2.24) is 9.55 Å². The van der Waals surface area contributed by atoms with Gasteiger partial charge in [-0.25, -0.2) is 14.2 Å². The lowest BCUT2D eigenvalue weighted by Crippen LogP contribution is -2.27. The number of carboxylic acids is 1. The number of imidazole rings is 1. The molecule has 23 heavy (non-hydrogen) atoms. The summed E-state index contributed by atoms with van der Waals surface area (Å²) in [6.45, 7) is 0.388. The second kappa shape index (κ2) is 5.83. The van der Waals surface area contributed by atoms with Gasteiger partial charge in [0, 0.05) is 13.0 Å².